The number of aliphatic carboxylic acids is 1. The first-order chi connectivity index (χ1) is 14.5. The summed E-state index contributed by atoms with van der Waals surface area (Å²) in [5.41, 5.74) is 0.290. The zero-order valence-corrected chi connectivity index (χ0v) is 19.6. The number of ether oxygens (including phenoxy) is 1. The Labute approximate surface area is 194 Å². The lowest BCUT2D eigenvalue weighted by Gasteiger charge is -2.15. The maximum absolute atomic E-state index is 13.8. The molecule has 0 aliphatic carbocycles. The van der Waals surface area contributed by atoms with Crippen LogP contribution in [0, 0.1) is 6.92 Å². The van der Waals surface area contributed by atoms with Gasteiger partial charge in [0.1, 0.15) is 5.75 Å². The fraction of sp³-hybridized carbons (Fsp3) is 0.158. The van der Waals surface area contributed by atoms with Crippen molar-refractivity contribution in [3.63, 3.8) is 0 Å². The molecule has 0 unspecified atom stereocenters. The molecule has 1 aromatic heterocycles. The van der Waals surface area contributed by atoms with Gasteiger partial charge in [-0.2, -0.15) is 8.78 Å². The molecule has 3 aromatic rings. The summed E-state index contributed by atoms with van der Waals surface area (Å²) in [4.78, 5) is 15.6. The summed E-state index contributed by atoms with van der Waals surface area (Å²) in [5.74, 6) is -1.14. The fourth-order valence-electron chi connectivity index (χ4n) is 2.59. The largest absolute Gasteiger partial charge is 0.481 e. The lowest BCUT2D eigenvalue weighted by Crippen LogP contribution is -2.12. The Morgan fingerprint density at radius 3 is 2.48 bits per heavy atom. The minimum atomic E-state index is -3.89. The number of nitrogens with one attached hydrogen (secondary N) is 1. The number of aryl methyl sites for hydroxylation is 1. The Bertz CT molecular complexity index is 1210. The van der Waals surface area contributed by atoms with Gasteiger partial charge in [0.15, 0.2) is 11.7 Å². The van der Waals surface area contributed by atoms with Gasteiger partial charge < -0.3 is 9.84 Å². The standard InChI is InChI=1S/C19H15F2IN2O5S2/c1-11-9-23-18(30-11)24-31(27,28)14-5-2-12(3-6-14)15-8-13(19(20,21)22)4-7-16(15)29-10-17(25)26/h2-9H,10H2,1H3,(H,23,24)(H,25,26). The molecule has 0 aliphatic rings. The number of halogens is 3. The van der Waals surface area contributed by atoms with Crippen molar-refractivity contribution in [2.24, 2.45) is 0 Å². The molecule has 31 heavy (non-hydrogen) atoms. The highest BCUT2D eigenvalue weighted by molar-refractivity contribution is 14.1. The molecule has 0 saturated carbocycles. The van der Waals surface area contributed by atoms with Gasteiger partial charge in [0.25, 0.3) is 10.0 Å². The maximum Gasteiger partial charge on any atom is 0.341 e. The number of anilines is 1. The third-order valence-electron chi connectivity index (χ3n) is 3.98. The van der Waals surface area contributed by atoms with E-state index < -0.39 is 26.5 Å². The molecule has 0 fully saturated rings. The summed E-state index contributed by atoms with van der Waals surface area (Å²) in [7, 11) is -3.89. The van der Waals surface area contributed by atoms with Gasteiger partial charge in [-0.3, -0.25) is 4.72 Å². The summed E-state index contributed by atoms with van der Waals surface area (Å²) in [6, 6.07) is 9.08. The molecule has 1 heterocycles. The first-order valence-corrected chi connectivity index (χ1v) is 11.9. The number of rotatable bonds is 8. The molecule has 0 bridgehead atoms. The Hall–Kier alpha value is -2.32. The molecule has 7 nitrogen and oxygen atoms in total. The Balaban J connectivity index is 1.95. The lowest BCUT2D eigenvalue weighted by molar-refractivity contribution is -0.139. The summed E-state index contributed by atoms with van der Waals surface area (Å²) in [6.45, 7) is 1.14. The molecule has 2 aromatic carbocycles. The van der Waals surface area contributed by atoms with Crippen LogP contribution in [0.1, 0.15) is 10.4 Å². The van der Waals surface area contributed by atoms with Crippen LogP contribution in [0.25, 0.3) is 11.1 Å². The van der Waals surface area contributed by atoms with Gasteiger partial charge in [-0.1, -0.05) is 12.1 Å². The van der Waals surface area contributed by atoms with Crippen molar-refractivity contribution in [1.82, 2.24) is 4.98 Å². The number of thiazole rings is 1. The van der Waals surface area contributed by atoms with Crippen molar-refractivity contribution < 1.29 is 31.8 Å². The summed E-state index contributed by atoms with van der Waals surface area (Å²) in [6.07, 6.45) is 1.54. The van der Waals surface area contributed by atoms with Gasteiger partial charge in [-0.25, -0.2) is 18.2 Å². The van der Waals surface area contributed by atoms with Crippen LogP contribution in [-0.2, 0) is 18.7 Å². The van der Waals surface area contributed by atoms with Crippen molar-refractivity contribution in [3.05, 3.63) is 59.1 Å². The van der Waals surface area contributed by atoms with E-state index in [0.29, 0.717) is 5.56 Å². The van der Waals surface area contributed by atoms with Crippen LogP contribution in [0.4, 0.5) is 13.9 Å². The second kappa shape index (κ2) is 9.04. The summed E-state index contributed by atoms with van der Waals surface area (Å²) < 4.78 is 57.1. The van der Waals surface area contributed by atoms with E-state index >= 15 is 0 Å². The lowest BCUT2D eigenvalue weighted by atomic mass is 10.0. The zero-order chi connectivity index (χ0) is 22.8. The predicted octanol–water partition coefficient (Wildman–Crippen LogP) is 4.87. The molecule has 0 saturated heterocycles. The molecule has 0 atom stereocenters. The highest BCUT2D eigenvalue weighted by Crippen LogP contribution is 2.40. The number of carboxylic acids is 1. The Kier molecular flexibility index (Phi) is 6.81. The highest BCUT2D eigenvalue weighted by atomic mass is 127. The quantitative estimate of drug-likeness (QED) is 0.291. The van der Waals surface area contributed by atoms with Crippen molar-refractivity contribution in [2.75, 3.05) is 11.3 Å². The van der Waals surface area contributed by atoms with Crippen molar-refractivity contribution in [1.29, 1.82) is 0 Å². The summed E-state index contributed by atoms with van der Waals surface area (Å²) >= 11 is 2.17. The molecule has 0 spiro atoms. The van der Waals surface area contributed by atoms with Gasteiger partial charge in [0.05, 0.1) is 4.90 Å². The van der Waals surface area contributed by atoms with Gasteiger partial charge in [0.2, 0.25) is 0 Å². The van der Waals surface area contributed by atoms with Crippen LogP contribution in [0.5, 0.6) is 5.75 Å². The van der Waals surface area contributed by atoms with E-state index in [1.54, 1.807) is 13.1 Å². The Morgan fingerprint density at radius 2 is 1.94 bits per heavy atom. The average molecular weight is 580 g/mol. The minimum absolute atomic E-state index is 0.0486. The molecule has 2 N–H and O–H groups in total. The van der Waals surface area contributed by atoms with Gasteiger partial charge >= 0.3 is 9.90 Å². The van der Waals surface area contributed by atoms with Crippen LogP contribution in [0.15, 0.2) is 53.6 Å². The molecule has 12 heteroatoms. The fourth-order valence-corrected chi connectivity index (χ4v) is 4.83. The summed E-state index contributed by atoms with van der Waals surface area (Å²) in [5, 5.41) is 9.07. The highest BCUT2D eigenvalue weighted by Gasteiger charge is 2.28. The van der Waals surface area contributed by atoms with Crippen LogP contribution >= 0.6 is 33.9 Å². The average Bonchev–Trinajstić information content (AvgIpc) is 3.09. The predicted molar refractivity (Wildman–Crippen MR) is 121 cm³/mol. The number of hydrogen-bond donors (Lipinski definition) is 2. The monoisotopic (exact) mass is 580 g/mol. The molecular formula is C19H15F2IN2O5S2. The molecular weight excluding hydrogens is 565 g/mol. The number of nitrogens with zero attached hydrogens (tertiary/aromatic N) is 1. The van der Waals surface area contributed by atoms with Crippen LogP contribution in [0.2, 0.25) is 0 Å². The van der Waals surface area contributed by atoms with Gasteiger partial charge in [-0.05, 0) is 42.8 Å². The van der Waals surface area contributed by atoms with E-state index in [0.717, 1.165) is 33.5 Å². The number of alkyl halides is 3. The third kappa shape index (κ3) is 5.89. The van der Waals surface area contributed by atoms with E-state index in [-0.39, 0.29) is 26.9 Å². The van der Waals surface area contributed by atoms with E-state index in [1.165, 1.54) is 47.7 Å². The third-order valence-corrected chi connectivity index (χ3v) is 6.91. The number of carbonyl (C=O) groups is 1. The normalized spacial score (nSPS) is 11.9. The van der Waals surface area contributed by atoms with Crippen LogP contribution in [0.3, 0.4) is 0 Å². The van der Waals surface area contributed by atoms with E-state index in [1.807, 2.05) is 0 Å². The first kappa shape index (κ1) is 23.3. The molecule has 3 rings (SSSR count). The van der Waals surface area contributed by atoms with Crippen LogP contribution in [-0.4, -0.2) is 31.1 Å². The molecule has 0 amide bonds. The molecule has 164 valence electrons. The SMILES string of the molecule is Cc1cnc(NS(=O)(=O)c2ccc(-c3cc(C(F)(F)I)ccc3OCC(=O)O)cc2)s1. The smallest absolute Gasteiger partial charge is 0.341 e. The number of aromatic nitrogens is 1. The van der Waals surface area contributed by atoms with Crippen molar-refractivity contribution in [3.8, 4) is 16.9 Å². The van der Waals surface area contributed by atoms with E-state index in [4.69, 9.17) is 9.84 Å². The number of carboxylic acid groups (broad SMARTS) is 1. The van der Waals surface area contributed by atoms with Crippen LogP contribution < -0.4 is 9.46 Å². The first-order valence-electron chi connectivity index (χ1n) is 8.57. The maximum atomic E-state index is 13.8. The molecule has 0 aliphatic heterocycles. The zero-order valence-electron chi connectivity index (χ0n) is 15.8. The number of benzene rings is 2. The molecule has 0 radical (unpaired) electrons. The second-order valence-corrected chi connectivity index (χ2v) is 10.6. The number of hydrogen-bond acceptors (Lipinski definition) is 6. The van der Waals surface area contributed by atoms with Crippen molar-refractivity contribution in [2.45, 2.75) is 15.7 Å². The number of sulfonamides is 1. The Morgan fingerprint density at radius 1 is 1.26 bits per heavy atom. The van der Waals surface area contributed by atoms with E-state index in [9.17, 15) is 22.0 Å². The van der Waals surface area contributed by atoms with Gasteiger partial charge in [0, 0.05) is 44.8 Å². The van der Waals surface area contributed by atoms with Gasteiger partial charge in [-0.15, -0.1) is 11.3 Å². The second-order valence-electron chi connectivity index (χ2n) is 6.30. The van der Waals surface area contributed by atoms with E-state index in [2.05, 4.69) is 9.71 Å². The van der Waals surface area contributed by atoms with Crippen molar-refractivity contribution >= 4 is 55.1 Å². The minimum Gasteiger partial charge on any atom is -0.481 e. The topological polar surface area (TPSA) is 106 Å².